The number of piperidine rings is 1. The molecular weight excluding hydrogens is 405 g/mol. The molecule has 1 atom stereocenters. The lowest BCUT2D eigenvalue weighted by Crippen LogP contribution is -2.33. The first kappa shape index (κ1) is 21.4. The number of fused-ring (bicyclic) bond motifs is 1. The number of hydrogen-bond donors (Lipinski definition) is 2. The number of anilines is 2. The Labute approximate surface area is 179 Å². The van der Waals surface area contributed by atoms with E-state index in [0.717, 1.165) is 37.6 Å². The maximum Gasteiger partial charge on any atom is 0.418 e. The number of carbonyl (C=O) groups excluding carboxylic acids is 1. The van der Waals surface area contributed by atoms with Gasteiger partial charge in [-0.1, -0.05) is 24.6 Å². The molecule has 2 aliphatic rings. The van der Waals surface area contributed by atoms with Gasteiger partial charge in [0.2, 0.25) is 5.91 Å². The number of para-hydroxylation sites is 1. The molecule has 2 aromatic carbocycles. The zero-order valence-electron chi connectivity index (χ0n) is 17.1. The number of nitrogens with zero attached hydrogens (tertiary/aromatic N) is 2. The third-order valence-electron chi connectivity index (χ3n) is 5.71. The molecule has 31 heavy (non-hydrogen) atoms. The van der Waals surface area contributed by atoms with Gasteiger partial charge in [-0.15, -0.1) is 0 Å². The highest BCUT2D eigenvalue weighted by Crippen LogP contribution is 2.37. The van der Waals surface area contributed by atoms with E-state index < -0.39 is 17.7 Å². The summed E-state index contributed by atoms with van der Waals surface area (Å²) in [6.45, 7) is 3.16. The van der Waals surface area contributed by atoms with Crippen molar-refractivity contribution in [2.75, 3.05) is 36.8 Å². The van der Waals surface area contributed by atoms with Gasteiger partial charge in [0.25, 0.3) is 0 Å². The standard InChI is InChI=1S/C23H25F3N4O/c24-23(25,26)19-14-16(8-9-21(19)27-10-13-30-11-4-1-5-12-30)28-15-18-17-6-2-3-7-20(17)29-22(18)31/h2-3,6-9,14-15,18,27H,1,4-5,10-13H2,(H,29,31). The fourth-order valence-electron chi connectivity index (χ4n) is 4.08. The SMILES string of the molecule is O=C1Nc2ccccc2C1C=Nc1ccc(NCCN2CCCCC2)c(C(F)(F)F)c1. The normalized spacial score (nSPS) is 19.5. The predicted octanol–water partition coefficient (Wildman–Crippen LogP) is 5.04. The second-order valence-electron chi connectivity index (χ2n) is 7.89. The van der Waals surface area contributed by atoms with Crippen LogP contribution in [0.1, 0.15) is 36.3 Å². The molecule has 0 aliphatic carbocycles. The van der Waals surface area contributed by atoms with Gasteiger partial charge in [0.15, 0.2) is 0 Å². The molecule has 5 nitrogen and oxygen atoms in total. The van der Waals surface area contributed by atoms with Gasteiger partial charge in [0.1, 0.15) is 5.92 Å². The second kappa shape index (κ2) is 9.09. The molecule has 1 amide bonds. The van der Waals surface area contributed by atoms with Crippen LogP contribution < -0.4 is 10.6 Å². The van der Waals surface area contributed by atoms with Crippen molar-refractivity contribution in [2.45, 2.75) is 31.4 Å². The summed E-state index contributed by atoms with van der Waals surface area (Å²) in [5, 5.41) is 5.69. The second-order valence-corrected chi connectivity index (χ2v) is 7.89. The summed E-state index contributed by atoms with van der Waals surface area (Å²) in [4.78, 5) is 18.6. The molecule has 164 valence electrons. The van der Waals surface area contributed by atoms with Crippen LogP contribution in [0.15, 0.2) is 47.5 Å². The number of nitrogens with one attached hydrogen (secondary N) is 2. The number of alkyl halides is 3. The van der Waals surface area contributed by atoms with Crippen LogP contribution in [-0.2, 0) is 11.0 Å². The molecule has 8 heteroatoms. The van der Waals surface area contributed by atoms with Crippen molar-refractivity contribution in [3.05, 3.63) is 53.6 Å². The van der Waals surface area contributed by atoms with Crippen molar-refractivity contribution in [1.29, 1.82) is 0 Å². The van der Waals surface area contributed by atoms with Gasteiger partial charge in [-0.05, 0) is 55.8 Å². The number of likely N-dealkylation sites (tertiary alicyclic amines) is 1. The van der Waals surface area contributed by atoms with E-state index >= 15 is 0 Å². The first-order chi connectivity index (χ1) is 14.9. The van der Waals surface area contributed by atoms with E-state index in [1.807, 2.05) is 12.1 Å². The summed E-state index contributed by atoms with van der Waals surface area (Å²) in [5.74, 6) is -0.857. The zero-order chi connectivity index (χ0) is 21.8. The van der Waals surface area contributed by atoms with Crippen molar-refractivity contribution in [3.8, 4) is 0 Å². The van der Waals surface area contributed by atoms with E-state index in [9.17, 15) is 18.0 Å². The van der Waals surface area contributed by atoms with E-state index in [0.29, 0.717) is 18.8 Å². The highest BCUT2D eigenvalue weighted by molar-refractivity contribution is 6.12. The third kappa shape index (κ3) is 5.07. The summed E-state index contributed by atoms with van der Waals surface area (Å²) in [7, 11) is 0. The number of halogens is 3. The minimum atomic E-state index is -4.50. The van der Waals surface area contributed by atoms with Crippen LogP contribution in [0.25, 0.3) is 0 Å². The summed E-state index contributed by atoms with van der Waals surface area (Å²) < 4.78 is 40.9. The predicted molar refractivity (Wildman–Crippen MR) is 116 cm³/mol. The average molecular weight is 430 g/mol. The number of amides is 1. The van der Waals surface area contributed by atoms with Crippen LogP contribution in [-0.4, -0.2) is 43.2 Å². The number of rotatable bonds is 6. The minimum absolute atomic E-state index is 0.0485. The Morgan fingerprint density at radius 1 is 1.13 bits per heavy atom. The monoisotopic (exact) mass is 430 g/mol. The van der Waals surface area contributed by atoms with Gasteiger partial charge in [-0.2, -0.15) is 13.2 Å². The maximum absolute atomic E-state index is 13.6. The molecule has 1 fully saturated rings. The molecule has 0 bridgehead atoms. The molecular formula is C23H25F3N4O. The number of aliphatic imine (C=N–C) groups is 1. The van der Waals surface area contributed by atoms with Crippen molar-refractivity contribution >= 4 is 29.2 Å². The van der Waals surface area contributed by atoms with Gasteiger partial charge in [0, 0.05) is 30.7 Å². The molecule has 2 aromatic rings. The molecule has 2 N–H and O–H groups in total. The third-order valence-corrected chi connectivity index (χ3v) is 5.71. The zero-order valence-corrected chi connectivity index (χ0v) is 17.1. The number of carbonyl (C=O) groups is 1. The molecule has 4 rings (SSSR count). The van der Waals surface area contributed by atoms with Crippen LogP contribution in [0.5, 0.6) is 0 Å². The van der Waals surface area contributed by atoms with Gasteiger partial charge in [-0.25, -0.2) is 0 Å². The van der Waals surface area contributed by atoms with E-state index in [4.69, 9.17) is 0 Å². The fourth-order valence-corrected chi connectivity index (χ4v) is 4.08. The van der Waals surface area contributed by atoms with E-state index in [-0.39, 0.29) is 17.3 Å². The van der Waals surface area contributed by atoms with Crippen LogP contribution >= 0.6 is 0 Å². The van der Waals surface area contributed by atoms with E-state index in [2.05, 4.69) is 20.5 Å². The molecule has 0 spiro atoms. The molecule has 0 saturated carbocycles. The molecule has 1 unspecified atom stereocenters. The highest BCUT2D eigenvalue weighted by Gasteiger charge is 2.34. The van der Waals surface area contributed by atoms with E-state index in [1.165, 1.54) is 24.8 Å². The lowest BCUT2D eigenvalue weighted by atomic mass is 10.0. The number of benzene rings is 2. The average Bonchev–Trinajstić information content (AvgIpc) is 3.08. The quantitative estimate of drug-likeness (QED) is 0.631. The lowest BCUT2D eigenvalue weighted by molar-refractivity contribution is -0.137. The summed E-state index contributed by atoms with van der Waals surface area (Å²) in [6.07, 6.45) is 0.405. The van der Waals surface area contributed by atoms with Crippen LogP contribution in [0.4, 0.5) is 30.2 Å². The Hall–Kier alpha value is -2.87. The van der Waals surface area contributed by atoms with Crippen molar-refractivity contribution in [3.63, 3.8) is 0 Å². The van der Waals surface area contributed by atoms with Gasteiger partial charge in [0.05, 0.1) is 11.3 Å². The summed E-state index contributed by atoms with van der Waals surface area (Å²) >= 11 is 0. The van der Waals surface area contributed by atoms with E-state index in [1.54, 1.807) is 12.1 Å². The van der Waals surface area contributed by atoms with Gasteiger partial charge in [-0.3, -0.25) is 9.79 Å². The lowest BCUT2D eigenvalue weighted by Gasteiger charge is -2.26. The van der Waals surface area contributed by atoms with Crippen molar-refractivity contribution < 1.29 is 18.0 Å². The number of hydrogen-bond acceptors (Lipinski definition) is 4. The Kier molecular flexibility index (Phi) is 6.27. The first-order valence-electron chi connectivity index (χ1n) is 10.5. The van der Waals surface area contributed by atoms with Gasteiger partial charge < -0.3 is 15.5 Å². The molecule has 2 aliphatic heterocycles. The summed E-state index contributed by atoms with van der Waals surface area (Å²) in [5.41, 5.74) is 0.923. The molecule has 2 heterocycles. The maximum atomic E-state index is 13.6. The van der Waals surface area contributed by atoms with Crippen LogP contribution in [0.2, 0.25) is 0 Å². The molecule has 1 saturated heterocycles. The topological polar surface area (TPSA) is 56.7 Å². The van der Waals surface area contributed by atoms with Gasteiger partial charge >= 0.3 is 6.18 Å². The molecule has 0 aromatic heterocycles. The van der Waals surface area contributed by atoms with Crippen molar-refractivity contribution in [2.24, 2.45) is 4.99 Å². The van der Waals surface area contributed by atoms with Crippen LogP contribution in [0.3, 0.4) is 0 Å². The Bertz CT molecular complexity index is 968. The largest absolute Gasteiger partial charge is 0.418 e. The Balaban J connectivity index is 1.48. The van der Waals surface area contributed by atoms with Crippen molar-refractivity contribution in [1.82, 2.24) is 4.90 Å². The Morgan fingerprint density at radius 3 is 2.68 bits per heavy atom. The fraction of sp³-hybridized carbons (Fsp3) is 0.391. The Morgan fingerprint density at radius 2 is 1.90 bits per heavy atom. The first-order valence-corrected chi connectivity index (χ1v) is 10.5. The highest BCUT2D eigenvalue weighted by atomic mass is 19.4. The smallest absolute Gasteiger partial charge is 0.383 e. The molecule has 0 radical (unpaired) electrons. The minimum Gasteiger partial charge on any atom is -0.383 e. The van der Waals surface area contributed by atoms with Crippen LogP contribution in [0, 0.1) is 0 Å². The summed E-state index contributed by atoms with van der Waals surface area (Å²) in [6, 6.07) is 11.2.